The Balaban J connectivity index is 1.65. The molecular formula is C15H21N5O. The smallest absolute Gasteiger partial charge is 0.257 e. The third-order valence-corrected chi connectivity index (χ3v) is 4.14. The summed E-state index contributed by atoms with van der Waals surface area (Å²) in [6.07, 6.45) is 9.49. The lowest BCUT2D eigenvalue weighted by Gasteiger charge is -2.33. The number of hydrogen-bond acceptors (Lipinski definition) is 3. The molecule has 0 aromatic carbocycles. The van der Waals surface area contributed by atoms with Crippen LogP contribution in [0.1, 0.15) is 29.0 Å². The first kappa shape index (κ1) is 13.9. The largest absolute Gasteiger partial charge is 0.338 e. The summed E-state index contributed by atoms with van der Waals surface area (Å²) in [6.45, 7) is 4.60. The zero-order valence-corrected chi connectivity index (χ0v) is 12.6. The van der Waals surface area contributed by atoms with Crippen LogP contribution in [0.5, 0.6) is 0 Å². The molecule has 0 saturated carbocycles. The highest BCUT2D eigenvalue weighted by atomic mass is 16.2. The van der Waals surface area contributed by atoms with E-state index in [9.17, 15) is 4.79 Å². The number of hydrogen-bond donors (Lipinski definition) is 0. The average molecular weight is 287 g/mol. The molecule has 112 valence electrons. The van der Waals surface area contributed by atoms with E-state index in [0.717, 1.165) is 38.3 Å². The van der Waals surface area contributed by atoms with Gasteiger partial charge in [0.25, 0.3) is 5.91 Å². The van der Waals surface area contributed by atoms with Gasteiger partial charge in [0.1, 0.15) is 5.82 Å². The van der Waals surface area contributed by atoms with Gasteiger partial charge in [0, 0.05) is 45.3 Å². The van der Waals surface area contributed by atoms with Crippen molar-refractivity contribution < 1.29 is 4.79 Å². The second-order valence-corrected chi connectivity index (χ2v) is 5.79. The van der Waals surface area contributed by atoms with E-state index in [1.165, 1.54) is 0 Å². The van der Waals surface area contributed by atoms with Crippen LogP contribution in [0.3, 0.4) is 0 Å². The van der Waals surface area contributed by atoms with Crippen molar-refractivity contribution in [2.24, 2.45) is 13.0 Å². The molecule has 2 aromatic rings. The van der Waals surface area contributed by atoms with Gasteiger partial charge >= 0.3 is 0 Å². The fourth-order valence-electron chi connectivity index (χ4n) is 2.99. The molecule has 6 heteroatoms. The monoisotopic (exact) mass is 287 g/mol. The minimum absolute atomic E-state index is 0.0927. The Morgan fingerprint density at radius 3 is 3.00 bits per heavy atom. The first-order valence-electron chi connectivity index (χ1n) is 7.39. The van der Waals surface area contributed by atoms with Gasteiger partial charge in [-0.05, 0) is 25.7 Å². The van der Waals surface area contributed by atoms with E-state index < -0.39 is 0 Å². The van der Waals surface area contributed by atoms with Crippen LogP contribution in [-0.2, 0) is 13.6 Å². The maximum Gasteiger partial charge on any atom is 0.257 e. The van der Waals surface area contributed by atoms with Crippen LogP contribution in [0.2, 0.25) is 0 Å². The summed E-state index contributed by atoms with van der Waals surface area (Å²) in [5, 5.41) is 4.08. The highest BCUT2D eigenvalue weighted by Gasteiger charge is 2.25. The van der Waals surface area contributed by atoms with Gasteiger partial charge < -0.3 is 9.47 Å². The molecule has 3 rings (SSSR count). The van der Waals surface area contributed by atoms with Crippen molar-refractivity contribution >= 4 is 5.91 Å². The van der Waals surface area contributed by atoms with Crippen molar-refractivity contribution in [1.29, 1.82) is 0 Å². The van der Waals surface area contributed by atoms with Crippen molar-refractivity contribution in [1.82, 2.24) is 24.2 Å². The summed E-state index contributed by atoms with van der Waals surface area (Å²) in [7, 11) is 1.83. The van der Waals surface area contributed by atoms with Gasteiger partial charge in [0.05, 0.1) is 11.8 Å². The predicted molar refractivity (Wildman–Crippen MR) is 78.8 cm³/mol. The normalized spacial score (nSPS) is 19.0. The molecule has 1 fully saturated rings. The molecule has 0 N–H and O–H groups in total. The Kier molecular flexibility index (Phi) is 3.77. The fraction of sp³-hybridized carbons (Fsp3) is 0.533. The van der Waals surface area contributed by atoms with E-state index in [0.29, 0.717) is 11.5 Å². The Morgan fingerprint density at radius 2 is 2.33 bits per heavy atom. The number of amides is 1. The van der Waals surface area contributed by atoms with Crippen molar-refractivity contribution in [3.8, 4) is 0 Å². The van der Waals surface area contributed by atoms with E-state index in [4.69, 9.17) is 0 Å². The maximum absolute atomic E-state index is 12.5. The molecule has 6 nitrogen and oxygen atoms in total. The van der Waals surface area contributed by atoms with Crippen molar-refractivity contribution in [2.45, 2.75) is 26.3 Å². The first-order valence-corrected chi connectivity index (χ1v) is 7.39. The molecule has 0 bridgehead atoms. The van der Waals surface area contributed by atoms with Crippen molar-refractivity contribution in [3.63, 3.8) is 0 Å². The summed E-state index contributed by atoms with van der Waals surface area (Å²) in [5.41, 5.74) is 0.678. The summed E-state index contributed by atoms with van der Waals surface area (Å²) in [5.74, 6) is 1.62. The lowest BCUT2D eigenvalue weighted by atomic mass is 9.97. The average Bonchev–Trinajstić information content (AvgIpc) is 3.08. The Bertz CT molecular complexity index is 630. The van der Waals surface area contributed by atoms with Crippen LogP contribution in [0.15, 0.2) is 24.8 Å². The number of piperidine rings is 1. The highest BCUT2D eigenvalue weighted by molar-refractivity contribution is 5.93. The number of aromatic nitrogens is 4. The summed E-state index contributed by atoms with van der Waals surface area (Å²) < 4.78 is 3.84. The van der Waals surface area contributed by atoms with E-state index >= 15 is 0 Å². The standard InChI is InChI=1S/C15H21N5O/c1-12-16-5-7-19(12)9-13-4-3-6-20(10-13)15(21)14-8-17-18(2)11-14/h5,7-8,11,13H,3-4,6,9-10H2,1-2H3/t13-/m1/s1. The molecule has 0 aliphatic carbocycles. The lowest BCUT2D eigenvalue weighted by molar-refractivity contribution is 0.0662. The number of rotatable bonds is 3. The van der Waals surface area contributed by atoms with E-state index in [1.54, 1.807) is 17.1 Å². The number of carbonyl (C=O) groups excluding carboxylic acids is 1. The third-order valence-electron chi connectivity index (χ3n) is 4.14. The Hall–Kier alpha value is -2.11. The Labute approximate surface area is 124 Å². The molecule has 2 aromatic heterocycles. The van der Waals surface area contributed by atoms with Gasteiger partial charge in [-0.1, -0.05) is 0 Å². The summed E-state index contributed by atoms with van der Waals surface area (Å²) in [4.78, 5) is 18.7. The van der Waals surface area contributed by atoms with Gasteiger partial charge in [-0.3, -0.25) is 9.48 Å². The molecule has 1 aliphatic heterocycles. The minimum Gasteiger partial charge on any atom is -0.338 e. The van der Waals surface area contributed by atoms with E-state index in [-0.39, 0.29) is 5.91 Å². The number of aryl methyl sites for hydroxylation is 2. The zero-order chi connectivity index (χ0) is 14.8. The zero-order valence-electron chi connectivity index (χ0n) is 12.6. The van der Waals surface area contributed by atoms with Crippen molar-refractivity contribution in [3.05, 3.63) is 36.2 Å². The topological polar surface area (TPSA) is 56.0 Å². The second kappa shape index (κ2) is 5.71. The SMILES string of the molecule is Cc1nccn1C[C@H]1CCCN(C(=O)c2cnn(C)c2)C1. The Morgan fingerprint density at radius 1 is 1.48 bits per heavy atom. The van der Waals surface area contributed by atoms with Crippen LogP contribution in [-0.4, -0.2) is 43.2 Å². The van der Waals surface area contributed by atoms with E-state index in [2.05, 4.69) is 14.6 Å². The first-order chi connectivity index (χ1) is 10.1. The molecule has 0 spiro atoms. The molecule has 0 unspecified atom stereocenters. The van der Waals surface area contributed by atoms with Gasteiger partial charge in [-0.25, -0.2) is 4.98 Å². The quantitative estimate of drug-likeness (QED) is 0.859. The van der Waals surface area contributed by atoms with Gasteiger partial charge in [-0.2, -0.15) is 5.10 Å². The number of likely N-dealkylation sites (tertiary alicyclic amines) is 1. The fourth-order valence-corrected chi connectivity index (χ4v) is 2.99. The third kappa shape index (κ3) is 2.99. The van der Waals surface area contributed by atoms with Crippen LogP contribution >= 0.6 is 0 Å². The molecule has 1 atom stereocenters. The molecule has 3 heterocycles. The van der Waals surface area contributed by atoms with Crippen LogP contribution in [0.4, 0.5) is 0 Å². The maximum atomic E-state index is 12.5. The molecule has 0 radical (unpaired) electrons. The molecular weight excluding hydrogens is 266 g/mol. The molecule has 1 aliphatic rings. The highest BCUT2D eigenvalue weighted by Crippen LogP contribution is 2.20. The lowest BCUT2D eigenvalue weighted by Crippen LogP contribution is -2.41. The van der Waals surface area contributed by atoms with Gasteiger partial charge in [-0.15, -0.1) is 0 Å². The molecule has 1 saturated heterocycles. The van der Waals surface area contributed by atoms with Gasteiger partial charge in [0.2, 0.25) is 0 Å². The number of nitrogens with zero attached hydrogens (tertiary/aromatic N) is 5. The second-order valence-electron chi connectivity index (χ2n) is 5.79. The summed E-state index contributed by atoms with van der Waals surface area (Å²) in [6, 6.07) is 0. The van der Waals surface area contributed by atoms with Crippen LogP contribution in [0, 0.1) is 12.8 Å². The van der Waals surface area contributed by atoms with Crippen molar-refractivity contribution in [2.75, 3.05) is 13.1 Å². The minimum atomic E-state index is 0.0927. The molecule has 21 heavy (non-hydrogen) atoms. The number of imidazole rings is 1. The predicted octanol–water partition coefficient (Wildman–Crippen LogP) is 1.48. The molecule has 1 amide bonds. The van der Waals surface area contributed by atoms with Crippen LogP contribution in [0.25, 0.3) is 0 Å². The van der Waals surface area contributed by atoms with E-state index in [1.807, 2.05) is 31.3 Å². The summed E-state index contributed by atoms with van der Waals surface area (Å²) >= 11 is 0. The van der Waals surface area contributed by atoms with Crippen LogP contribution < -0.4 is 0 Å². The van der Waals surface area contributed by atoms with Gasteiger partial charge in [0.15, 0.2) is 0 Å². The number of carbonyl (C=O) groups is 1.